The zero-order valence-corrected chi connectivity index (χ0v) is 9.59. The summed E-state index contributed by atoms with van der Waals surface area (Å²) >= 11 is 5.97. The first kappa shape index (κ1) is 10.8. The van der Waals surface area contributed by atoms with Gasteiger partial charge in [0.2, 0.25) is 0 Å². The number of benzene rings is 1. The highest BCUT2D eigenvalue weighted by atomic mass is 35.5. The van der Waals surface area contributed by atoms with Crippen LogP contribution in [-0.2, 0) is 0 Å². The number of nitrogens with two attached hydrogens (primary N) is 1. The topological polar surface area (TPSA) is 46.2 Å². The van der Waals surface area contributed by atoms with E-state index in [1.807, 2.05) is 6.92 Å². The molecule has 0 heterocycles. The van der Waals surface area contributed by atoms with Crippen molar-refractivity contribution in [2.24, 2.45) is 11.7 Å². The van der Waals surface area contributed by atoms with Crippen molar-refractivity contribution in [3.63, 3.8) is 0 Å². The lowest BCUT2D eigenvalue weighted by Gasteiger charge is -2.32. The standard InChI is InChI=1S/C12H16ClNO/c1-7-5-9(13)6-10(12(7)15)11(14)8-3-2-4-8/h5-6,8,11,15H,2-4,14H2,1H3/t11-/m0/s1. The Morgan fingerprint density at radius 1 is 1.47 bits per heavy atom. The van der Waals surface area contributed by atoms with E-state index in [4.69, 9.17) is 17.3 Å². The van der Waals surface area contributed by atoms with Gasteiger partial charge in [-0.05, 0) is 43.4 Å². The molecule has 2 rings (SSSR count). The Bertz CT molecular complexity index is 374. The van der Waals surface area contributed by atoms with Crippen molar-refractivity contribution in [3.05, 3.63) is 28.3 Å². The molecule has 0 unspecified atom stereocenters. The normalized spacial score (nSPS) is 18.6. The monoisotopic (exact) mass is 225 g/mol. The number of halogens is 1. The summed E-state index contributed by atoms with van der Waals surface area (Å²) in [5.74, 6) is 0.813. The van der Waals surface area contributed by atoms with Gasteiger partial charge in [0, 0.05) is 16.6 Å². The summed E-state index contributed by atoms with van der Waals surface area (Å²) in [4.78, 5) is 0. The van der Waals surface area contributed by atoms with Crippen molar-refractivity contribution in [1.29, 1.82) is 0 Å². The van der Waals surface area contributed by atoms with Crippen molar-refractivity contribution >= 4 is 11.6 Å². The maximum absolute atomic E-state index is 9.92. The second kappa shape index (κ2) is 4.03. The Morgan fingerprint density at radius 3 is 2.67 bits per heavy atom. The molecule has 1 aliphatic carbocycles. The Labute approximate surface area is 95.1 Å². The van der Waals surface area contributed by atoms with Gasteiger partial charge in [-0.3, -0.25) is 0 Å². The molecule has 0 saturated heterocycles. The summed E-state index contributed by atoms with van der Waals surface area (Å²) in [6, 6.07) is 3.47. The molecule has 1 atom stereocenters. The average molecular weight is 226 g/mol. The Hall–Kier alpha value is -0.730. The van der Waals surface area contributed by atoms with Crippen LogP contribution in [0.25, 0.3) is 0 Å². The van der Waals surface area contributed by atoms with Gasteiger partial charge in [-0.15, -0.1) is 0 Å². The largest absolute Gasteiger partial charge is 0.507 e. The van der Waals surface area contributed by atoms with Crippen molar-refractivity contribution in [2.45, 2.75) is 32.2 Å². The van der Waals surface area contributed by atoms with Crippen molar-refractivity contribution in [2.75, 3.05) is 0 Å². The van der Waals surface area contributed by atoms with E-state index in [2.05, 4.69) is 0 Å². The lowest BCUT2D eigenvalue weighted by Crippen LogP contribution is -2.27. The van der Waals surface area contributed by atoms with Gasteiger partial charge in [0.25, 0.3) is 0 Å². The van der Waals surface area contributed by atoms with Crippen LogP contribution in [0.2, 0.25) is 5.02 Å². The van der Waals surface area contributed by atoms with Crippen LogP contribution in [0, 0.1) is 12.8 Å². The number of aromatic hydroxyl groups is 1. The van der Waals surface area contributed by atoms with Crippen LogP contribution in [0.15, 0.2) is 12.1 Å². The number of hydrogen-bond acceptors (Lipinski definition) is 2. The third-order valence-electron chi connectivity index (χ3n) is 3.31. The van der Waals surface area contributed by atoms with Gasteiger partial charge in [-0.25, -0.2) is 0 Å². The average Bonchev–Trinajstić information content (AvgIpc) is 2.08. The molecule has 1 saturated carbocycles. The molecule has 3 heteroatoms. The predicted molar refractivity (Wildman–Crippen MR) is 62.1 cm³/mol. The zero-order valence-electron chi connectivity index (χ0n) is 8.83. The molecular formula is C12H16ClNO. The number of aryl methyl sites for hydroxylation is 1. The third kappa shape index (κ3) is 1.97. The molecule has 1 aromatic rings. The van der Waals surface area contributed by atoms with E-state index in [1.165, 1.54) is 6.42 Å². The molecule has 0 aromatic heterocycles. The zero-order chi connectivity index (χ0) is 11.0. The molecule has 2 nitrogen and oxygen atoms in total. The summed E-state index contributed by atoms with van der Waals surface area (Å²) in [5.41, 5.74) is 7.71. The molecule has 0 radical (unpaired) electrons. The molecule has 0 aliphatic heterocycles. The summed E-state index contributed by atoms with van der Waals surface area (Å²) in [6.07, 6.45) is 3.57. The van der Waals surface area contributed by atoms with E-state index >= 15 is 0 Å². The highest BCUT2D eigenvalue weighted by Crippen LogP contribution is 2.40. The second-order valence-corrected chi connectivity index (χ2v) is 4.81. The van der Waals surface area contributed by atoms with Crippen LogP contribution < -0.4 is 5.73 Å². The van der Waals surface area contributed by atoms with E-state index in [0.717, 1.165) is 24.0 Å². The molecule has 82 valence electrons. The summed E-state index contributed by atoms with van der Waals surface area (Å²) < 4.78 is 0. The van der Waals surface area contributed by atoms with E-state index in [1.54, 1.807) is 12.1 Å². The van der Waals surface area contributed by atoms with E-state index < -0.39 is 0 Å². The molecule has 3 N–H and O–H groups in total. The van der Waals surface area contributed by atoms with Gasteiger partial charge < -0.3 is 10.8 Å². The third-order valence-corrected chi connectivity index (χ3v) is 3.53. The minimum Gasteiger partial charge on any atom is -0.507 e. The number of phenolic OH excluding ortho intramolecular Hbond substituents is 1. The van der Waals surface area contributed by atoms with E-state index in [0.29, 0.717) is 16.7 Å². The number of hydrogen-bond donors (Lipinski definition) is 2. The van der Waals surface area contributed by atoms with Gasteiger partial charge in [-0.1, -0.05) is 18.0 Å². The maximum atomic E-state index is 9.92. The molecule has 0 amide bonds. The smallest absolute Gasteiger partial charge is 0.123 e. The van der Waals surface area contributed by atoms with Gasteiger partial charge in [0.15, 0.2) is 0 Å². The fourth-order valence-corrected chi connectivity index (χ4v) is 2.35. The van der Waals surface area contributed by atoms with E-state index in [9.17, 15) is 5.11 Å². The first-order chi connectivity index (χ1) is 7.09. The summed E-state index contributed by atoms with van der Waals surface area (Å²) in [5, 5.41) is 10.6. The fraction of sp³-hybridized carbons (Fsp3) is 0.500. The number of phenols is 1. The van der Waals surface area contributed by atoms with E-state index in [-0.39, 0.29) is 6.04 Å². The van der Waals surface area contributed by atoms with Crippen molar-refractivity contribution in [1.82, 2.24) is 0 Å². The van der Waals surface area contributed by atoms with Gasteiger partial charge >= 0.3 is 0 Å². The van der Waals surface area contributed by atoms with Crippen LogP contribution >= 0.6 is 11.6 Å². The quantitative estimate of drug-likeness (QED) is 0.812. The second-order valence-electron chi connectivity index (χ2n) is 4.38. The van der Waals surface area contributed by atoms with Crippen LogP contribution in [-0.4, -0.2) is 5.11 Å². The molecule has 15 heavy (non-hydrogen) atoms. The SMILES string of the molecule is Cc1cc(Cl)cc([C@@H](N)C2CCC2)c1O. The van der Waals surface area contributed by atoms with Crippen LogP contribution in [0.1, 0.15) is 36.4 Å². The minimum atomic E-state index is -0.0730. The fourth-order valence-electron chi connectivity index (χ4n) is 2.07. The van der Waals surface area contributed by atoms with Gasteiger partial charge in [0.05, 0.1) is 0 Å². The first-order valence-corrected chi connectivity index (χ1v) is 5.72. The minimum absolute atomic E-state index is 0.0730. The van der Waals surface area contributed by atoms with Crippen molar-refractivity contribution in [3.8, 4) is 5.75 Å². The summed E-state index contributed by atoms with van der Waals surface area (Å²) in [6.45, 7) is 1.85. The van der Waals surface area contributed by atoms with Crippen LogP contribution in [0.4, 0.5) is 0 Å². The maximum Gasteiger partial charge on any atom is 0.123 e. The van der Waals surface area contributed by atoms with Crippen molar-refractivity contribution < 1.29 is 5.11 Å². The molecule has 0 bridgehead atoms. The molecule has 0 spiro atoms. The van der Waals surface area contributed by atoms with Gasteiger partial charge in [-0.2, -0.15) is 0 Å². The van der Waals surface area contributed by atoms with Crippen LogP contribution in [0.3, 0.4) is 0 Å². The predicted octanol–water partition coefficient (Wildman–Crippen LogP) is 3.15. The van der Waals surface area contributed by atoms with Gasteiger partial charge in [0.1, 0.15) is 5.75 Å². The number of rotatable bonds is 2. The Balaban J connectivity index is 2.33. The Morgan fingerprint density at radius 2 is 2.13 bits per heavy atom. The molecule has 1 aromatic carbocycles. The molecule has 1 fully saturated rings. The summed E-state index contributed by atoms with van der Waals surface area (Å²) in [7, 11) is 0. The molecular weight excluding hydrogens is 210 g/mol. The highest BCUT2D eigenvalue weighted by Gasteiger charge is 2.27. The highest BCUT2D eigenvalue weighted by molar-refractivity contribution is 6.30. The lowest BCUT2D eigenvalue weighted by atomic mass is 9.77. The first-order valence-electron chi connectivity index (χ1n) is 5.34. The Kier molecular flexibility index (Phi) is 2.89. The lowest BCUT2D eigenvalue weighted by molar-refractivity contribution is 0.260. The van der Waals surface area contributed by atoms with Crippen LogP contribution in [0.5, 0.6) is 5.75 Å². The molecule has 1 aliphatic rings.